The SMILES string of the molecule is Cc1sc2c(=O)n(C)c(-c3cc4cccnc4[nH]3)nc2c1C(C)Nc1ccc(Cl)nc1C(=O)O. The zero-order valence-corrected chi connectivity index (χ0v) is 20.0. The van der Waals surface area contributed by atoms with Gasteiger partial charge in [0, 0.05) is 29.1 Å². The van der Waals surface area contributed by atoms with Gasteiger partial charge >= 0.3 is 5.97 Å². The van der Waals surface area contributed by atoms with Gasteiger partial charge < -0.3 is 15.4 Å². The third kappa shape index (κ3) is 3.61. The van der Waals surface area contributed by atoms with Crippen LogP contribution in [0.3, 0.4) is 0 Å². The molecule has 0 amide bonds. The first-order chi connectivity index (χ1) is 16.2. The van der Waals surface area contributed by atoms with Crippen molar-refractivity contribution in [3.63, 3.8) is 0 Å². The minimum atomic E-state index is -1.19. The van der Waals surface area contributed by atoms with E-state index in [1.165, 1.54) is 22.0 Å². The number of halogens is 1. The molecular weight excluding hydrogens is 476 g/mol. The van der Waals surface area contributed by atoms with E-state index >= 15 is 0 Å². The number of H-pyrrole nitrogens is 1. The van der Waals surface area contributed by atoms with Crippen LogP contribution in [0.4, 0.5) is 5.69 Å². The smallest absolute Gasteiger partial charge is 0.356 e. The summed E-state index contributed by atoms with van der Waals surface area (Å²) in [6.45, 7) is 3.81. The Morgan fingerprint density at radius 3 is 2.82 bits per heavy atom. The molecule has 5 heterocycles. The Morgan fingerprint density at radius 1 is 1.29 bits per heavy atom. The van der Waals surface area contributed by atoms with Crippen LogP contribution in [0, 0.1) is 6.92 Å². The molecule has 3 N–H and O–H groups in total. The zero-order chi connectivity index (χ0) is 24.1. The number of carboxylic acid groups (broad SMARTS) is 1. The Labute approximate surface area is 202 Å². The molecule has 0 bridgehead atoms. The molecule has 5 rings (SSSR count). The van der Waals surface area contributed by atoms with Crippen molar-refractivity contribution in [3.05, 3.63) is 68.2 Å². The molecule has 5 aromatic rings. The number of fused-ring (bicyclic) bond motifs is 2. The van der Waals surface area contributed by atoms with Crippen molar-refractivity contribution in [2.24, 2.45) is 7.05 Å². The largest absolute Gasteiger partial charge is 0.476 e. The Hall–Kier alpha value is -3.76. The molecule has 0 saturated heterocycles. The first kappa shape index (κ1) is 22.1. The molecule has 9 nitrogen and oxygen atoms in total. The van der Waals surface area contributed by atoms with E-state index in [1.807, 2.05) is 32.0 Å². The molecule has 5 aromatic heterocycles. The van der Waals surface area contributed by atoms with Crippen LogP contribution in [-0.4, -0.2) is 35.6 Å². The molecule has 0 aliphatic carbocycles. The summed E-state index contributed by atoms with van der Waals surface area (Å²) in [7, 11) is 1.69. The van der Waals surface area contributed by atoms with Crippen LogP contribution in [0.5, 0.6) is 0 Å². The fourth-order valence-corrected chi connectivity index (χ4v) is 5.39. The summed E-state index contributed by atoms with van der Waals surface area (Å²) in [4.78, 5) is 42.2. The molecule has 1 unspecified atom stereocenters. The van der Waals surface area contributed by atoms with Crippen LogP contribution in [0.1, 0.15) is 33.9 Å². The van der Waals surface area contributed by atoms with E-state index in [0.29, 0.717) is 33.1 Å². The van der Waals surface area contributed by atoms with Crippen LogP contribution in [0.25, 0.3) is 32.8 Å². The molecule has 1 atom stereocenters. The van der Waals surface area contributed by atoms with E-state index in [0.717, 1.165) is 15.8 Å². The highest BCUT2D eigenvalue weighted by atomic mass is 35.5. The van der Waals surface area contributed by atoms with Crippen molar-refractivity contribution in [1.82, 2.24) is 24.5 Å². The van der Waals surface area contributed by atoms with E-state index in [1.54, 1.807) is 19.3 Å². The number of aromatic amines is 1. The zero-order valence-electron chi connectivity index (χ0n) is 18.4. The van der Waals surface area contributed by atoms with E-state index in [9.17, 15) is 14.7 Å². The number of nitrogens with zero attached hydrogens (tertiary/aromatic N) is 4. The van der Waals surface area contributed by atoms with Gasteiger partial charge in [-0.25, -0.2) is 19.7 Å². The second-order valence-corrected chi connectivity index (χ2v) is 9.49. The number of pyridine rings is 2. The van der Waals surface area contributed by atoms with Gasteiger partial charge in [0.2, 0.25) is 0 Å². The predicted molar refractivity (Wildman–Crippen MR) is 133 cm³/mol. The number of thiophene rings is 1. The van der Waals surface area contributed by atoms with Gasteiger partial charge in [-0.15, -0.1) is 11.3 Å². The quantitative estimate of drug-likeness (QED) is 0.300. The number of rotatable bonds is 5. The standard InChI is InChI=1S/C23H19ClN6O3S/c1-10(26-13-6-7-15(24)28-17(13)23(32)33)16-11(2)34-19-18(16)29-21(30(3)22(19)31)14-9-12-5-4-8-25-20(12)27-14/h4-10,26H,1-3H3,(H,25,27)(H,32,33). The molecule has 0 radical (unpaired) electrons. The van der Waals surface area contributed by atoms with Crippen LogP contribution in [0.2, 0.25) is 5.15 Å². The molecule has 0 aliphatic rings. The van der Waals surface area contributed by atoms with Crippen molar-refractivity contribution < 1.29 is 9.90 Å². The van der Waals surface area contributed by atoms with Crippen molar-refractivity contribution in [2.75, 3.05) is 5.32 Å². The summed E-state index contributed by atoms with van der Waals surface area (Å²) in [6.07, 6.45) is 1.70. The number of aryl methyl sites for hydroxylation is 1. The number of hydrogen-bond acceptors (Lipinski definition) is 7. The van der Waals surface area contributed by atoms with Crippen molar-refractivity contribution in [2.45, 2.75) is 19.9 Å². The molecule has 0 spiro atoms. The lowest BCUT2D eigenvalue weighted by molar-refractivity contribution is 0.0691. The van der Waals surface area contributed by atoms with Crippen LogP contribution >= 0.6 is 22.9 Å². The normalized spacial score (nSPS) is 12.4. The molecular formula is C23H19ClN6O3S. The van der Waals surface area contributed by atoms with Crippen molar-refractivity contribution in [3.8, 4) is 11.5 Å². The van der Waals surface area contributed by atoms with Gasteiger partial charge in [-0.3, -0.25) is 9.36 Å². The monoisotopic (exact) mass is 494 g/mol. The highest BCUT2D eigenvalue weighted by Gasteiger charge is 2.23. The summed E-state index contributed by atoms with van der Waals surface area (Å²) >= 11 is 7.25. The van der Waals surface area contributed by atoms with Gasteiger partial charge in [-0.2, -0.15) is 0 Å². The van der Waals surface area contributed by atoms with Gasteiger partial charge in [0.1, 0.15) is 15.5 Å². The summed E-state index contributed by atoms with van der Waals surface area (Å²) < 4.78 is 2.06. The average molecular weight is 495 g/mol. The van der Waals surface area contributed by atoms with Gasteiger partial charge in [-0.05, 0) is 44.2 Å². The fourth-order valence-electron chi connectivity index (χ4n) is 4.08. The summed E-state index contributed by atoms with van der Waals surface area (Å²) in [5.74, 6) is -0.702. The number of anilines is 1. The van der Waals surface area contributed by atoms with Crippen LogP contribution < -0.4 is 10.9 Å². The number of carbonyl (C=O) groups is 1. The number of nitrogens with one attached hydrogen (secondary N) is 2. The number of aromatic carboxylic acids is 1. The minimum Gasteiger partial charge on any atom is -0.476 e. The highest BCUT2D eigenvalue weighted by molar-refractivity contribution is 7.19. The molecule has 34 heavy (non-hydrogen) atoms. The summed E-state index contributed by atoms with van der Waals surface area (Å²) in [5.41, 5.74) is 2.78. The van der Waals surface area contributed by atoms with Gasteiger partial charge in [0.05, 0.1) is 22.9 Å². The maximum Gasteiger partial charge on any atom is 0.356 e. The Bertz CT molecular complexity index is 1620. The highest BCUT2D eigenvalue weighted by Crippen LogP contribution is 2.35. The Balaban J connectivity index is 1.64. The van der Waals surface area contributed by atoms with Crippen molar-refractivity contribution >= 4 is 55.8 Å². The second-order valence-electron chi connectivity index (χ2n) is 7.87. The predicted octanol–water partition coefficient (Wildman–Crippen LogP) is 4.77. The molecule has 172 valence electrons. The van der Waals surface area contributed by atoms with E-state index in [-0.39, 0.29) is 22.4 Å². The Kier molecular flexibility index (Phi) is 5.34. The first-order valence-corrected chi connectivity index (χ1v) is 11.5. The minimum absolute atomic E-state index is 0.0930. The number of aromatic nitrogens is 5. The third-order valence-corrected chi connectivity index (χ3v) is 6.95. The average Bonchev–Trinajstić information content (AvgIpc) is 3.37. The lowest BCUT2D eigenvalue weighted by Crippen LogP contribution is -2.20. The molecule has 11 heteroatoms. The summed E-state index contributed by atoms with van der Waals surface area (Å²) in [5, 5.41) is 13.7. The second kappa shape index (κ2) is 8.23. The van der Waals surface area contributed by atoms with Gasteiger partial charge in [0.15, 0.2) is 11.5 Å². The molecule has 0 fully saturated rings. The van der Waals surface area contributed by atoms with E-state index in [2.05, 4.69) is 20.3 Å². The first-order valence-electron chi connectivity index (χ1n) is 10.3. The number of hydrogen-bond donors (Lipinski definition) is 3. The maximum atomic E-state index is 13.2. The fraction of sp³-hybridized carbons (Fsp3) is 0.174. The van der Waals surface area contributed by atoms with Gasteiger partial charge in [-0.1, -0.05) is 11.6 Å². The molecule has 0 aliphatic heterocycles. The maximum absolute atomic E-state index is 13.2. The topological polar surface area (TPSA) is 126 Å². The van der Waals surface area contributed by atoms with E-state index in [4.69, 9.17) is 16.6 Å². The third-order valence-electron chi connectivity index (χ3n) is 5.64. The molecule has 0 saturated carbocycles. The lowest BCUT2D eigenvalue weighted by atomic mass is 10.1. The van der Waals surface area contributed by atoms with Crippen molar-refractivity contribution in [1.29, 1.82) is 0 Å². The van der Waals surface area contributed by atoms with Crippen LogP contribution in [0.15, 0.2) is 41.3 Å². The number of carboxylic acids is 1. The molecule has 0 aromatic carbocycles. The van der Waals surface area contributed by atoms with E-state index < -0.39 is 5.97 Å². The summed E-state index contributed by atoms with van der Waals surface area (Å²) in [6, 6.07) is 8.44. The van der Waals surface area contributed by atoms with Gasteiger partial charge in [0.25, 0.3) is 5.56 Å². The van der Waals surface area contributed by atoms with Crippen LogP contribution in [-0.2, 0) is 7.05 Å². The Morgan fingerprint density at radius 2 is 2.09 bits per heavy atom. The lowest BCUT2D eigenvalue weighted by Gasteiger charge is -2.17.